The number of nitrogen functional groups attached to an aromatic ring is 2. The Balaban J connectivity index is 1.26. The van der Waals surface area contributed by atoms with Crippen molar-refractivity contribution in [3.8, 4) is 23.0 Å². The number of hydrogen-bond donors (Lipinski definition) is 4. The Morgan fingerprint density at radius 1 is 0.486 bits per heavy atom. The molecule has 0 unspecified atom stereocenters. The SMILES string of the molecule is Nc1ccc(OC(=O)Nc2ccc(Oc3ccc(NC(=O)Oc4ccc(N)cc4)cc3)cc2)cc1. The molecule has 0 aromatic heterocycles. The molecule has 9 nitrogen and oxygen atoms in total. The standard InChI is InChI=1S/C26H22N4O5/c27-17-1-9-23(10-2-17)34-25(31)29-19-5-13-21(14-6-19)33-22-15-7-20(8-16-22)30-26(32)35-24-11-3-18(28)4-12-24/h1-16H,27-28H2,(H,29,31)(H,30,32). The molecule has 4 aromatic carbocycles. The first-order chi connectivity index (χ1) is 16.9. The number of ether oxygens (including phenoxy) is 3. The second-order valence-electron chi connectivity index (χ2n) is 7.32. The molecule has 0 aliphatic rings. The van der Waals surface area contributed by atoms with E-state index in [1.165, 1.54) is 0 Å². The van der Waals surface area contributed by atoms with Crippen LogP contribution in [-0.2, 0) is 0 Å². The highest BCUT2D eigenvalue weighted by atomic mass is 16.6. The average Bonchev–Trinajstić information content (AvgIpc) is 2.84. The molecule has 0 fully saturated rings. The van der Waals surface area contributed by atoms with E-state index in [1.54, 1.807) is 97.1 Å². The van der Waals surface area contributed by atoms with Crippen LogP contribution in [0.15, 0.2) is 97.1 Å². The van der Waals surface area contributed by atoms with Gasteiger partial charge in [0.05, 0.1) is 0 Å². The monoisotopic (exact) mass is 470 g/mol. The number of anilines is 4. The van der Waals surface area contributed by atoms with Gasteiger partial charge in [-0.2, -0.15) is 0 Å². The number of benzene rings is 4. The molecular formula is C26H22N4O5. The summed E-state index contributed by atoms with van der Waals surface area (Å²) in [7, 11) is 0. The largest absolute Gasteiger partial charge is 0.457 e. The van der Waals surface area contributed by atoms with E-state index < -0.39 is 12.2 Å². The second kappa shape index (κ2) is 10.6. The molecule has 9 heteroatoms. The van der Waals surface area contributed by atoms with E-state index in [4.69, 9.17) is 25.7 Å². The molecule has 4 aromatic rings. The second-order valence-corrected chi connectivity index (χ2v) is 7.32. The molecule has 0 radical (unpaired) electrons. The number of nitrogens with one attached hydrogen (secondary N) is 2. The van der Waals surface area contributed by atoms with Gasteiger partial charge in [-0.05, 0) is 97.1 Å². The summed E-state index contributed by atoms with van der Waals surface area (Å²) in [5.41, 5.74) is 13.5. The van der Waals surface area contributed by atoms with Crippen LogP contribution in [0.1, 0.15) is 0 Å². The number of carbonyl (C=O) groups excluding carboxylic acids is 2. The lowest BCUT2D eigenvalue weighted by Gasteiger charge is -2.10. The normalized spacial score (nSPS) is 10.2. The van der Waals surface area contributed by atoms with Crippen molar-refractivity contribution < 1.29 is 23.8 Å². The van der Waals surface area contributed by atoms with Crippen LogP contribution in [0.3, 0.4) is 0 Å². The van der Waals surface area contributed by atoms with Crippen LogP contribution in [0.25, 0.3) is 0 Å². The highest BCUT2D eigenvalue weighted by molar-refractivity contribution is 5.87. The van der Waals surface area contributed by atoms with Gasteiger partial charge in [-0.25, -0.2) is 9.59 Å². The topological polar surface area (TPSA) is 138 Å². The molecule has 0 spiro atoms. The van der Waals surface area contributed by atoms with Crippen LogP contribution in [0, 0.1) is 0 Å². The fraction of sp³-hybridized carbons (Fsp3) is 0. The minimum absolute atomic E-state index is 0.383. The highest BCUT2D eigenvalue weighted by Crippen LogP contribution is 2.25. The third-order valence-corrected chi connectivity index (χ3v) is 4.62. The van der Waals surface area contributed by atoms with Crippen molar-refractivity contribution in [2.45, 2.75) is 0 Å². The fourth-order valence-electron chi connectivity index (χ4n) is 2.92. The predicted molar refractivity (Wildman–Crippen MR) is 134 cm³/mol. The third-order valence-electron chi connectivity index (χ3n) is 4.62. The first kappa shape index (κ1) is 23.0. The van der Waals surface area contributed by atoms with Gasteiger partial charge >= 0.3 is 12.2 Å². The van der Waals surface area contributed by atoms with Crippen LogP contribution in [0.2, 0.25) is 0 Å². The highest BCUT2D eigenvalue weighted by Gasteiger charge is 2.07. The van der Waals surface area contributed by atoms with Crippen LogP contribution in [0.4, 0.5) is 32.3 Å². The summed E-state index contributed by atoms with van der Waals surface area (Å²) < 4.78 is 16.2. The Morgan fingerprint density at radius 2 is 0.800 bits per heavy atom. The molecule has 0 aliphatic heterocycles. The molecule has 176 valence electrons. The summed E-state index contributed by atoms with van der Waals surface area (Å²) in [6.45, 7) is 0. The molecular weight excluding hydrogens is 448 g/mol. The molecule has 0 heterocycles. The molecule has 6 N–H and O–H groups in total. The Morgan fingerprint density at radius 3 is 1.14 bits per heavy atom. The van der Waals surface area contributed by atoms with E-state index in [1.807, 2.05) is 0 Å². The summed E-state index contributed by atoms with van der Waals surface area (Å²) in [5, 5.41) is 5.27. The zero-order valence-corrected chi connectivity index (χ0v) is 18.4. The quantitative estimate of drug-likeness (QED) is 0.259. The molecule has 0 saturated carbocycles. The Kier molecular flexibility index (Phi) is 6.98. The van der Waals surface area contributed by atoms with E-state index >= 15 is 0 Å². The van der Waals surface area contributed by atoms with Gasteiger partial charge in [0, 0.05) is 22.7 Å². The number of hydrogen-bond acceptors (Lipinski definition) is 7. The minimum atomic E-state index is -0.624. The van der Waals surface area contributed by atoms with E-state index in [-0.39, 0.29) is 0 Å². The van der Waals surface area contributed by atoms with Crippen LogP contribution in [-0.4, -0.2) is 12.2 Å². The first-order valence-electron chi connectivity index (χ1n) is 10.5. The van der Waals surface area contributed by atoms with E-state index in [2.05, 4.69) is 10.6 Å². The molecule has 0 saturated heterocycles. The van der Waals surface area contributed by atoms with Gasteiger partial charge in [0.15, 0.2) is 0 Å². The van der Waals surface area contributed by atoms with Gasteiger partial charge in [-0.3, -0.25) is 10.6 Å². The first-order valence-corrected chi connectivity index (χ1v) is 10.5. The Hall–Kier alpha value is -5.18. The zero-order valence-electron chi connectivity index (χ0n) is 18.4. The van der Waals surface area contributed by atoms with Crippen molar-refractivity contribution in [1.82, 2.24) is 0 Å². The molecule has 2 amide bonds. The van der Waals surface area contributed by atoms with Crippen LogP contribution < -0.4 is 36.3 Å². The van der Waals surface area contributed by atoms with Crippen molar-refractivity contribution >= 4 is 34.9 Å². The number of rotatable bonds is 6. The van der Waals surface area contributed by atoms with Gasteiger partial charge in [0.1, 0.15) is 23.0 Å². The number of amides is 2. The lowest BCUT2D eigenvalue weighted by molar-refractivity contribution is 0.214. The Bertz CT molecular complexity index is 1190. The average molecular weight is 470 g/mol. The molecule has 0 atom stereocenters. The number of nitrogens with two attached hydrogens (primary N) is 2. The van der Waals surface area contributed by atoms with Crippen molar-refractivity contribution in [2.24, 2.45) is 0 Å². The van der Waals surface area contributed by atoms with Crippen molar-refractivity contribution in [2.75, 3.05) is 22.1 Å². The van der Waals surface area contributed by atoms with Gasteiger partial charge < -0.3 is 25.7 Å². The van der Waals surface area contributed by atoms with Gasteiger partial charge in [0.25, 0.3) is 0 Å². The predicted octanol–water partition coefficient (Wildman–Crippen LogP) is 5.87. The molecule has 4 rings (SSSR count). The van der Waals surface area contributed by atoms with E-state index in [9.17, 15) is 9.59 Å². The van der Waals surface area contributed by atoms with Gasteiger partial charge in [-0.15, -0.1) is 0 Å². The third kappa shape index (κ3) is 6.90. The maximum absolute atomic E-state index is 12.0. The molecule has 0 aliphatic carbocycles. The molecule has 35 heavy (non-hydrogen) atoms. The Labute approximate surface area is 201 Å². The maximum Gasteiger partial charge on any atom is 0.417 e. The fourth-order valence-corrected chi connectivity index (χ4v) is 2.92. The van der Waals surface area contributed by atoms with Crippen LogP contribution >= 0.6 is 0 Å². The summed E-state index contributed by atoms with van der Waals surface area (Å²) in [4.78, 5) is 24.1. The lowest BCUT2D eigenvalue weighted by Crippen LogP contribution is -2.16. The minimum Gasteiger partial charge on any atom is -0.457 e. The smallest absolute Gasteiger partial charge is 0.417 e. The van der Waals surface area contributed by atoms with Gasteiger partial charge in [-0.1, -0.05) is 0 Å². The molecule has 0 bridgehead atoms. The number of carbonyl (C=O) groups is 2. The van der Waals surface area contributed by atoms with Crippen molar-refractivity contribution in [3.05, 3.63) is 97.1 Å². The zero-order chi connectivity index (χ0) is 24.6. The van der Waals surface area contributed by atoms with Crippen molar-refractivity contribution in [1.29, 1.82) is 0 Å². The summed E-state index contributed by atoms with van der Waals surface area (Å²) in [6, 6.07) is 26.5. The van der Waals surface area contributed by atoms with E-state index in [0.717, 1.165) is 0 Å². The summed E-state index contributed by atoms with van der Waals surface area (Å²) in [5.74, 6) is 1.89. The summed E-state index contributed by atoms with van der Waals surface area (Å²) in [6.07, 6.45) is -1.25. The van der Waals surface area contributed by atoms with E-state index in [0.29, 0.717) is 45.7 Å². The van der Waals surface area contributed by atoms with Crippen molar-refractivity contribution in [3.63, 3.8) is 0 Å². The van der Waals surface area contributed by atoms with Crippen LogP contribution in [0.5, 0.6) is 23.0 Å². The lowest BCUT2D eigenvalue weighted by atomic mass is 10.3. The maximum atomic E-state index is 12.0. The summed E-state index contributed by atoms with van der Waals surface area (Å²) >= 11 is 0. The van der Waals surface area contributed by atoms with Gasteiger partial charge in [0.2, 0.25) is 0 Å².